The second-order valence-corrected chi connectivity index (χ2v) is 5.61. The van der Waals surface area contributed by atoms with Crippen LogP contribution in [-0.2, 0) is 0 Å². The van der Waals surface area contributed by atoms with Crippen LogP contribution in [0.25, 0.3) is 0 Å². The molecule has 1 saturated carbocycles. The number of rotatable bonds is 3. The fourth-order valence-corrected chi connectivity index (χ4v) is 3.02. The Hall–Kier alpha value is -0.0800. The Morgan fingerprint density at radius 3 is 2.71 bits per heavy atom. The van der Waals surface area contributed by atoms with Gasteiger partial charge in [0, 0.05) is 19.1 Å². The molecule has 0 aromatic heterocycles. The van der Waals surface area contributed by atoms with Crippen molar-refractivity contribution in [2.24, 2.45) is 23.5 Å². The van der Waals surface area contributed by atoms with E-state index in [0.29, 0.717) is 6.04 Å². The molecule has 3 atom stereocenters. The summed E-state index contributed by atoms with van der Waals surface area (Å²) in [6.07, 6.45) is 3.99. The van der Waals surface area contributed by atoms with Gasteiger partial charge in [-0.2, -0.15) is 0 Å². The standard InChI is InChI=1S/C12H24N2/c1-9(2)5-6-14-7-10-3-4-12(13)11(10)8-14/h9-12H,3-8,13H2,1-2H3/t10-,11+,12?/m0/s1. The molecule has 0 amide bonds. The molecule has 1 heterocycles. The van der Waals surface area contributed by atoms with E-state index in [9.17, 15) is 0 Å². The zero-order chi connectivity index (χ0) is 10.1. The van der Waals surface area contributed by atoms with Crippen LogP contribution in [0.5, 0.6) is 0 Å². The van der Waals surface area contributed by atoms with E-state index in [4.69, 9.17) is 5.73 Å². The molecule has 2 nitrogen and oxygen atoms in total. The largest absolute Gasteiger partial charge is 0.327 e. The Kier molecular flexibility index (Phi) is 3.13. The van der Waals surface area contributed by atoms with Crippen molar-refractivity contribution in [3.63, 3.8) is 0 Å². The molecule has 2 fully saturated rings. The minimum absolute atomic E-state index is 0.504. The highest BCUT2D eigenvalue weighted by atomic mass is 15.2. The number of hydrogen-bond donors (Lipinski definition) is 1. The van der Waals surface area contributed by atoms with Gasteiger partial charge in [-0.1, -0.05) is 13.8 Å². The lowest BCUT2D eigenvalue weighted by molar-refractivity contribution is 0.286. The molecule has 0 bridgehead atoms. The van der Waals surface area contributed by atoms with Crippen LogP contribution in [0.4, 0.5) is 0 Å². The molecular weight excluding hydrogens is 172 g/mol. The summed E-state index contributed by atoms with van der Waals surface area (Å²) in [6, 6.07) is 0.504. The van der Waals surface area contributed by atoms with Gasteiger partial charge in [0.25, 0.3) is 0 Å². The monoisotopic (exact) mass is 196 g/mol. The molecule has 2 N–H and O–H groups in total. The van der Waals surface area contributed by atoms with Gasteiger partial charge >= 0.3 is 0 Å². The number of nitrogens with zero attached hydrogens (tertiary/aromatic N) is 1. The maximum absolute atomic E-state index is 6.11. The van der Waals surface area contributed by atoms with E-state index in [2.05, 4.69) is 18.7 Å². The van der Waals surface area contributed by atoms with Gasteiger partial charge in [-0.25, -0.2) is 0 Å². The molecule has 0 radical (unpaired) electrons. The third-order valence-corrected chi connectivity index (χ3v) is 4.01. The molecule has 1 saturated heterocycles. The zero-order valence-corrected chi connectivity index (χ0v) is 9.58. The van der Waals surface area contributed by atoms with Gasteiger partial charge in [0.2, 0.25) is 0 Å². The maximum atomic E-state index is 6.11. The first-order valence-corrected chi connectivity index (χ1v) is 6.14. The molecule has 0 spiro atoms. The number of hydrogen-bond acceptors (Lipinski definition) is 2. The van der Waals surface area contributed by atoms with Crippen LogP contribution < -0.4 is 5.73 Å². The van der Waals surface area contributed by atoms with E-state index in [1.165, 1.54) is 38.9 Å². The highest BCUT2D eigenvalue weighted by Crippen LogP contribution is 2.37. The highest BCUT2D eigenvalue weighted by Gasteiger charge is 2.40. The molecule has 14 heavy (non-hydrogen) atoms. The summed E-state index contributed by atoms with van der Waals surface area (Å²) in [4.78, 5) is 2.63. The third-order valence-electron chi connectivity index (χ3n) is 4.01. The number of nitrogens with two attached hydrogens (primary N) is 1. The Morgan fingerprint density at radius 2 is 2.07 bits per heavy atom. The minimum Gasteiger partial charge on any atom is -0.327 e. The fourth-order valence-electron chi connectivity index (χ4n) is 3.02. The van der Waals surface area contributed by atoms with Gasteiger partial charge < -0.3 is 10.6 Å². The molecule has 82 valence electrons. The molecule has 0 aromatic rings. The maximum Gasteiger partial charge on any atom is 0.00826 e. The van der Waals surface area contributed by atoms with Gasteiger partial charge in [0.15, 0.2) is 0 Å². The molecule has 1 unspecified atom stereocenters. The van der Waals surface area contributed by atoms with Crippen molar-refractivity contribution >= 4 is 0 Å². The minimum atomic E-state index is 0.504. The van der Waals surface area contributed by atoms with Crippen molar-refractivity contribution in [3.8, 4) is 0 Å². The topological polar surface area (TPSA) is 29.3 Å². The van der Waals surface area contributed by atoms with Crippen LogP contribution in [-0.4, -0.2) is 30.6 Å². The first-order chi connectivity index (χ1) is 6.66. The van der Waals surface area contributed by atoms with E-state index in [1.54, 1.807) is 0 Å². The summed E-state index contributed by atoms with van der Waals surface area (Å²) in [5.41, 5.74) is 6.11. The quantitative estimate of drug-likeness (QED) is 0.744. The summed E-state index contributed by atoms with van der Waals surface area (Å²) in [7, 11) is 0. The lowest BCUT2D eigenvalue weighted by Gasteiger charge is -2.19. The predicted molar refractivity (Wildman–Crippen MR) is 60.1 cm³/mol. The first kappa shape index (κ1) is 10.4. The van der Waals surface area contributed by atoms with Gasteiger partial charge in [-0.15, -0.1) is 0 Å². The van der Waals surface area contributed by atoms with Crippen LogP contribution in [0.2, 0.25) is 0 Å². The van der Waals surface area contributed by atoms with Crippen LogP contribution in [0.1, 0.15) is 33.1 Å². The van der Waals surface area contributed by atoms with Crippen molar-refractivity contribution in [2.45, 2.75) is 39.2 Å². The van der Waals surface area contributed by atoms with Crippen LogP contribution in [0.3, 0.4) is 0 Å². The van der Waals surface area contributed by atoms with Gasteiger partial charge in [-0.3, -0.25) is 0 Å². The SMILES string of the molecule is CC(C)CCN1C[C@@H]2CCC(N)[C@@H]2C1. The average molecular weight is 196 g/mol. The normalized spacial score (nSPS) is 38.1. The molecule has 2 heteroatoms. The van der Waals surface area contributed by atoms with Crippen molar-refractivity contribution in [1.82, 2.24) is 4.90 Å². The van der Waals surface area contributed by atoms with Crippen LogP contribution in [0, 0.1) is 17.8 Å². The van der Waals surface area contributed by atoms with Gasteiger partial charge in [0.05, 0.1) is 0 Å². The lowest BCUT2D eigenvalue weighted by atomic mass is 9.98. The molecular formula is C12H24N2. The summed E-state index contributed by atoms with van der Waals surface area (Å²) in [5.74, 6) is 2.59. The van der Waals surface area contributed by atoms with E-state index < -0.39 is 0 Å². The van der Waals surface area contributed by atoms with E-state index in [0.717, 1.165) is 17.8 Å². The molecule has 1 aliphatic carbocycles. The molecule has 2 aliphatic rings. The van der Waals surface area contributed by atoms with Gasteiger partial charge in [-0.05, 0) is 43.6 Å². The first-order valence-electron chi connectivity index (χ1n) is 6.14. The number of fused-ring (bicyclic) bond motifs is 1. The average Bonchev–Trinajstić information content (AvgIpc) is 2.65. The van der Waals surface area contributed by atoms with E-state index in [1.807, 2.05) is 0 Å². The Labute approximate surface area is 87.8 Å². The summed E-state index contributed by atoms with van der Waals surface area (Å²) >= 11 is 0. The zero-order valence-electron chi connectivity index (χ0n) is 9.58. The summed E-state index contributed by atoms with van der Waals surface area (Å²) in [6.45, 7) is 8.51. The Balaban J connectivity index is 1.78. The van der Waals surface area contributed by atoms with Gasteiger partial charge in [0.1, 0.15) is 0 Å². The second-order valence-electron chi connectivity index (χ2n) is 5.61. The van der Waals surface area contributed by atoms with E-state index in [-0.39, 0.29) is 0 Å². The van der Waals surface area contributed by atoms with Crippen molar-refractivity contribution < 1.29 is 0 Å². The Morgan fingerprint density at radius 1 is 1.29 bits per heavy atom. The predicted octanol–water partition coefficient (Wildman–Crippen LogP) is 1.70. The second kappa shape index (κ2) is 4.19. The fraction of sp³-hybridized carbons (Fsp3) is 1.00. The number of likely N-dealkylation sites (tertiary alicyclic amines) is 1. The van der Waals surface area contributed by atoms with Crippen molar-refractivity contribution in [3.05, 3.63) is 0 Å². The summed E-state index contributed by atoms with van der Waals surface area (Å²) < 4.78 is 0. The molecule has 2 rings (SSSR count). The smallest absolute Gasteiger partial charge is 0.00826 e. The van der Waals surface area contributed by atoms with E-state index >= 15 is 0 Å². The molecule has 0 aromatic carbocycles. The van der Waals surface area contributed by atoms with Crippen molar-refractivity contribution in [2.75, 3.05) is 19.6 Å². The third kappa shape index (κ3) is 2.12. The van der Waals surface area contributed by atoms with Crippen LogP contribution in [0.15, 0.2) is 0 Å². The Bertz CT molecular complexity index is 191. The summed E-state index contributed by atoms with van der Waals surface area (Å²) in [5, 5.41) is 0. The highest BCUT2D eigenvalue weighted by molar-refractivity contribution is 4.95. The molecule has 1 aliphatic heterocycles. The van der Waals surface area contributed by atoms with Crippen LogP contribution >= 0.6 is 0 Å². The lowest BCUT2D eigenvalue weighted by Crippen LogP contribution is -2.30. The van der Waals surface area contributed by atoms with Crippen molar-refractivity contribution in [1.29, 1.82) is 0 Å².